The fraction of sp³-hybridized carbons (Fsp3) is 0.565. The molecule has 2 aliphatic rings. The van der Waals surface area contributed by atoms with Crippen LogP contribution >= 0.6 is 11.6 Å². The smallest absolute Gasteiger partial charge is 0.253 e. The van der Waals surface area contributed by atoms with Gasteiger partial charge in [-0.2, -0.15) is 0 Å². The quantitative estimate of drug-likeness (QED) is 0.765. The van der Waals surface area contributed by atoms with E-state index in [1.807, 2.05) is 56.8 Å². The predicted octanol–water partition coefficient (Wildman–Crippen LogP) is 3.19. The van der Waals surface area contributed by atoms with Gasteiger partial charge in [0, 0.05) is 54.3 Å². The van der Waals surface area contributed by atoms with Crippen molar-refractivity contribution in [2.75, 3.05) is 26.2 Å². The highest BCUT2D eigenvalue weighted by Crippen LogP contribution is 2.51. The van der Waals surface area contributed by atoms with Crippen LogP contribution in [0, 0.1) is 11.3 Å². The van der Waals surface area contributed by atoms with Crippen LogP contribution in [-0.2, 0) is 11.8 Å². The minimum Gasteiger partial charge on any atom is -0.352 e. The summed E-state index contributed by atoms with van der Waals surface area (Å²) in [5.41, 5.74) is 1.83. The van der Waals surface area contributed by atoms with Gasteiger partial charge in [-0.05, 0) is 63.1 Å². The number of likely N-dealkylation sites (tertiary alicyclic amines) is 1. The second kappa shape index (κ2) is 7.57. The first-order chi connectivity index (χ1) is 14.0. The first kappa shape index (κ1) is 21.2. The molecule has 0 unspecified atom stereocenters. The number of rotatable bonds is 5. The zero-order chi connectivity index (χ0) is 21.7. The number of hydrogen-bond acceptors (Lipinski definition) is 3. The van der Waals surface area contributed by atoms with E-state index in [4.69, 9.17) is 11.6 Å². The summed E-state index contributed by atoms with van der Waals surface area (Å²) in [6, 6.07) is 5.63. The first-order valence-corrected chi connectivity index (χ1v) is 11.0. The molecule has 30 heavy (non-hydrogen) atoms. The van der Waals surface area contributed by atoms with Crippen molar-refractivity contribution in [3.8, 4) is 0 Å². The summed E-state index contributed by atoms with van der Waals surface area (Å²) in [5.74, 6) is 0.562. The molecule has 0 bridgehead atoms. The Bertz CT molecular complexity index is 977. The highest BCUT2D eigenvalue weighted by Gasteiger charge is 2.52. The van der Waals surface area contributed by atoms with Gasteiger partial charge < -0.3 is 15.2 Å². The Labute approximate surface area is 182 Å². The third-order valence-electron chi connectivity index (χ3n) is 6.19. The lowest BCUT2D eigenvalue weighted by molar-refractivity contribution is -0.133. The molecule has 162 valence electrons. The van der Waals surface area contributed by atoms with E-state index in [1.54, 1.807) is 0 Å². The van der Waals surface area contributed by atoms with Crippen LogP contribution in [0.3, 0.4) is 0 Å². The maximum Gasteiger partial charge on any atom is 0.253 e. The van der Waals surface area contributed by atoms with Crippen LogP contribution in [0.4, 0.5) is 0 Å². The van der Waals surface area contributed by atoms with Crippen molar-refractivity contribution in [2.45, 2.75) is 39.2 Å². The largest absolute Gasteiger partial charge is 0.352 e. The van der Waals surface area contributed by atoms with Crippen molar-refractivity contribution in [1.82, 2.24) is 20.1 Å². The summed E-state index contributed by atoms with van der Waals surface area (Å²) in [6.07, 6.45) is 4.10. The van der Waals surface area contributed by atoms with E-state index in [0.717, 1.165) is 36.8 Å². The summed E-state index contributed by atoms with van der Waals surface area (Å²) < 4.78 is 1.96. The molecule has 0 radical (unpaired) electrons. The van der Waals surface area contributed by atoms with Crippen LogP contribution in [0.2, 0.25) is 5.02 Å². The van der Waals surface area contributed by atoms with Crippen molar-refractivity contribution in [3.05, 3.63) is 35.0 Å². The molecule has 2 N–H and O–H groups in total. The number of aromatic nitrogens is 1. The summed E-state index contributed by atoms with van der Waals surface area (Å²) in [7, 11) is 1.94. The lowest BCUT2D eigenvalue weighted by Gasteiger charge is -2.59. The number of carbonyl (C=O) groups excluding carboxylic acids is 2. The molecule has 7 heteroatoms. The number of fused-ring (bicyclic) bond motifs is 1. The van der Waals surface area contributed by atoms with Crippen LogP contribution in [-0.4, -0.2) is 53.0 Å². The highest BCUT2D eigenvalue weighted by molar-refractivity contribution is 6.31. The molecule has 2 heterocycles. The molecule has 1 aliphatic carbocycles. The normalized spacial score (nSPS) is 18.8. The fourth-order valence-electron chi connectivity index (χ4n) is 5.12. The first-order valence-electron chi connectivity index (χ1n) is 10.6. The molecule has 6 nitrogen and oxygen atoms in total. The molecule has 1 aromatic carbocycles. The fourth-order valence-corrected chi connectivity index (χ4v) is 5.29. The molecular weight excluding hydrogens is 400 g/mol. The minimum atomic E-state index is -0.186. The zero-order valence-electron chi connectivity index (χ0n) is 18.2. The van der Waals surface area contributed by atoms with Crippen LogP contribution in [0.1, 0.15) is 44.0 Å². The number of nitrogens with one attached hydrogen (secondary N) is 2. The lowest BCUT2D eigenvalue weighted by atomic mass is 9.57. The van der Waals surface area contributed by atoms with Gasteiger partial charge in [-0.3, -0.25) is 14.5 Å². The third kappa shape index (κ3) is 4.35. The van der Waals surface area contributed by atoms with Crippen molar-refractivity contribution in [1.29, 1.82) is 0 Å². The number of nitrogens with zero attached hydrogens (tertiary/aromatic N) is 2. The van der Waals surface area contributed by atoms with Crippen molar-refractivity contribution >= 4 is 34.3 Å². The van der Waals surface area contributed by atoms with E-state index in [2.05, 4.69) is 15.5 Å². The predicted molar refractivity (Wildman–Crippen MR) is 120 cm³/mol. The van der Waals surface area contributed by atoms with Gasteiger partial charge in [-0.1, -0.05) is 11.6 Å². The lowest BCUT2D eigenvalue weighted by Crippen LogP contribution is -2.64. The van der Waals surface area contributed by atoms with Crippen molar-refractivity contribution in [2.24, 2.45) is 18.4 Å². The molecule has 2 aromatic rings. The molecule has 2 amide bonds. The second-order valence-electron chi connectivity index (χ2n) is 10.2. The van der Waals surface area contributed by atoms with E-state index in [-0.39, 0.29) is 17.4 Å². The van der Waals surface area contributed by atoms with Gasteiger partial charge in [0.1, 0.15) is 0 Å². The van der Waals surface area contributed by atoms with E-state index >= 15 is 0 Å². The van der Waals surface area contributed by atoms with Gasteiger partial charge >= 0.3 is 0 Å². The molecule has 4 rings (SSSR count). The monoisotopic (exact) mass is 430 g/mol. The van der Waals surface area contributed by atoms with E-state index in [1.165, 1.54) is 0 Å². The Kier molecular flexibility index (Phi) is 5.35. The molecule has 0 atom stereocenters. The van der Waals surface area contributed by atoms with Crippen molar-refractivity contribution in [3.63, 3.8) is 0 Å². The van der Waals surface area contributed by atoms with E-state index < -0.39 is 0 Å². The molecule has 1 aliphatic heterocycles. The number of hydrogen-bond donors (Lipinski definition) is 2. The van der Waals surface area contributed by atoms with Gasteiger partial charge in [0.05, 0.1) is 12.1 Å². The van der Waals surface area contributed by atoms with E-state index in [0.29, 0.717) is 35.0 Å². The maximum atomic E-state index is 12.7. The molecule has 1 aromatic heterocycles. The standard InChI is InChI=1S/C23H31ClN4O2/c1-22(2,3)26-20(29)12-28-13-23(14-28)8-15(9-23)10-25-21(30)18-11-27(4)19-6-5-16(24)7-17(18)19/h5-7,11,15H,8-10,12-14H2,1-4H3,(H,25,30)(H,26,29). The Balaban J connectivity index is 1.23. The van der Waals surface area contributed by atoms with Crippen LogP contribution in [0.25, 0.3) is 10.9 Å². The minimum absolute atomic E-state index is 0.0436. The maximum absolute atomic E-state index is 12.7. The summed E-state index contributed by atoms with van der Waals surface area (Å²) >= 11 is 6.12. The summed E-state index contributed by atoms with van der Waals surface area (Å²) in [6.45, 7) is 9.14. The summed E-state index contributed by atoms with van der Waals surface area (Å²) in [4.78, 5) is 27.0. The SMILES string of the molecule is Cn1cc(C(=O)NCC2CC3(C2)CN(CC(=O)NC(C)(C)C)C3)c2cc(Cl)ccc21. The Morgan fingerprint density at radius 1 is 1.23 bits per heavy atom. The van der Waals surface area contributed by atoms with Crippen LogP contribution < -0.4 is 10.6 Å². The van der Waals surface area contributed by atoms with Gasteiger partial charge in [-0.25, -0.2) is 0 Å². The zero-order valence-corrected chi connectivity index (χ0v) is 19.0. The number of carbonyl (C=O) groups is 2. The highest BCUT2D eigenvalue weighted by atomic mass is 35.5. The van der Waals surface area contributed by atoms with E-state index in [9.17, 15) is 9.59 Å². The summed E-state index contributed by atoms with van der Waals surface area (Å²) in [5, 5.41) is 7.65. The van der Waals surface area contributed by atoms with Crippen LogP contribution in [0.15, 0.2) is 24.4 Å². The number of aryl methyl sites for hydroxylation is 1. The van der Waals surface area contributed by atoms with Gasteiger partial charge in [0.15, 0.2) is 0 Å². The average Bonchev–Trinajstić information content (AvgIpc) is 2.89. The van der Waals surface area contributed by atoms with Crippen LogP contribution in [0.5, 0.6) is 0 Å². The number of benzene rings is 1. The van der Waals surface area contributed by atoms with Crippen molar-refractivity contribution < 1.29 is 9.59 Å². The molecule has 1 saturated heterocycles. The second-order valence-corrected chi connectivity index (χ2v) is 10.7. The topological polar surface area (TPSA) is 66.4 Å². The van der Waals surface area contributed by atoms with Gasteiger partial charge in [-0.15, -0.1) is 0 Å². The van der Waals surface area contributed by atoms with Gasteiger partial charge in [0.25, 0.3) is 5.91 Å². The Morgan fingerprint density at radius 2 is 1.93 bits per heavy atom. The van der Waals surface area contributed by atoms with Gasteiger partial charge in [0.2, 0.25) is 5.91 Å². The number of amides is 2. The number of halogens is 1. The molecular formula is C23H31ClN4O2. The molecule has 2 fully saturated rings. The Morgan fingerprint density at radius 3 is 2.60 bits per heavy atom. The molecule has 1 spiro atoms. The average molecular weight is 431 g/mol. The third-order valence-corrected chi connectivity index (χ3v) is 6.43. The Hall–Kier alpha value is -2.05. The molecule has 1 saturated carbocycles.